The zero-order valence-electron chi connectivity index (χ0n) is 14.9. The maximum absolute atomic E-state index is 12.1. The molecule has 140 valence electrons. The van der Waals surface area contributed by atoms with E-state index in [1.807, 2.05) is 0 Å². The highest BCUT2D eigenvalue weighted by molar-refractivity contribution is 5.97. The summed E-state index contributed by atoms with van der Waals surface area (Å²) in [6, 6.07) is 12.6. The van der Waals surface area contributed by atoms with Crippen molar-refractivity contribution in [2.24, 2.45) is 0 Å². The van der Waals surface area contributed by atoms with Crippen LogP contribution in [0.25, 0.3) is 0 Å². The first-order valence-electron chi connectivity index (χ1n) is 8.18. The number of esters is 1. The van der Waals surface area contributed by atoms with E-state index in [0.29, 0.717) is 28.8 Å². The molecule has 2 aromatic carbocycles. The summed E-state index contributed by atoms with van der Waals surface area (Å²) in [6.07, 6.45) is -0.322. The van der Waals surface area contributed by atoms with E-state index in [1.54, 1.807) is 48.5 Å². The van der Waals surface area contributed by atoms with E-state index in [2.05, 4.69) is 5.32 Å². The monoisotopic (exact) mass is 369 g/mol. The van der Waals surface area contributed by atoms with E-state index >= 15 is 0 Å². The molecule has 0 saturated carbocycles. The van der Waals surface area contributed by atoms with Gasteiger partial charge in [0.25, 0.3) is 5.91 Å². The van der Waals surface area contributed by atoms with Crippen LogP contribution in [0.3, 0.4) is 0 Å². The zero-order valence-corrected chi connectivity index (χ0v) is 14.9. The van der Waals surface area contributed by atoms with Gasteiger partial charge in [-0.05, 0) is 62.4 Å². The number of anilines is 1. The zero-order chi connectivity index (χ0) is 19.8. The van der Waals surface area contributed by atoms with Crippen molar-refractivity contribution in [3.05, 3.63) is 59.7 Å². The minimum absolute atomic E-state index is 0.0732. The Kier molecular flexibility index (Phi) is 6.82. The van der Waals surface area contributed by atoms with Crippen molar-refractivity contribution in [3.63, 3.8) is 0 Å². The number of aldehydes is 1. The molecule has 1 atom stereocenters. The summed E-state index contributed by atoms with van der Waals surface area (Å²) in [5, 5.41) is 2.60. The van der Waals surface area contributed by atoms with Crippen LogP contribution in [-0.2, 0) is 14.3 Å². The highest BCUT2D eigenvalue weighted by Gasteiger charge is 2.18. The normalized spacial score (nSPS) is 11.2. The highest BCUT2D eigenvalue weighted by atomic mass is 16.6. The Morgan fingerprint density at radius 2 is 1.67 bits per heavy atom. The molecule has 0 aliphatic rings. The number of Topliss-reactive ketones (excluding diaryl/α,β-unsaturated/α-hetero) is 1. The quantitative estimate of drug-likeness (QED) is 0.436. The largest absolute Gasteiger partial charge is 0.482 e. The summed E-state index contributed by atoms with van der Waals surface area (Å²) in [5.41, 5.74) is 1.51. The van der Waals surface area contributed by atoms with Gasteiger partial charge in [0.1, 0.15) is 12.0 Å². The number of amides is 1. The molecule has 27 heavy (non-hydrogen) atoms. The first kappa shape index (κ1) is 19.8. The average molecular weight is 369 g/mol. The second-order valence-corrected chi connectivity index (χ2v) is 5.73. The third-order valence-electron chi connectivity index (χ3n) is 3.61. The average Bonchev–Trinajstić information content (AvgIpc) is 2.67. The molecule has 0 aliphatic heterocycles. The molecule has 1 amide bonds. The van der Waals surface area contributed by atoms with Crippen LogP contribution >= 0.6 is 0 Å². The van der Waals surface area contributed by atoms with Gasteiger partial charge in [0.15, 0.2) is 18.5 Å². The van der Waals surface area contributed by atoms with Crippen LogP contribution in [-0.4, -0.2) is 36.7 Å². The van der Waals surface area contributed by atoms with Crippen molar-refractivity contribution in [1.82, 2.24) is 0 Å². The molecule has 7 heteroatoms. The van der Waals surface area contributed by atoms with Gasteiger partial charge >= 0.3 is 5.97 Å². The number of benzene rings is 2. The van der Waals surface area contributed by atoms with Gasteiger partial charge in [0.2, 0.25) is 0 Å². The molecule has 0 bridgehead atoms. The van der Waals surface area contributed by atoms with Crippen LogP contribution in [0.4, 0.5) is 5.69 Å². The Morgan fingerprint density at radius 3 is 2.22 bits per heavy atom. The van der Waals surface area contributed by atoms with Crippen LogP contribution in [0.2, 0.25) is 0 Å². The standard InChI is InChI=1S/C20H19NO6/c1-13(23)16-5-7-17(8-6-16)21-20(25)14(2)27-19(24)12-26-18-9-3-15(11-22)4-10-18/h3-11,14H,12H2,1-2H3,(H,21,25)/t14-/m1/s1. The van der Waals surface area contributed by atoms with Crippen LogP contribution in [0.5, 0.6) is 5.75 Å². The van der Waals surface area contributed by atoms with E-state index in [4.69, 9.17) is 9.47 Å². The summed E-state index contributed by atoms with van der Waals surface area (Å²) < 4.78 is 10.3. The van der Waals surface area contributed by atoms with Crippen molar-refractivity contribution in [2.45, 2.75) is 20.0 Å². The van der Waals surface area contributed by atoms with Crippen molar-refractivity contribution >= 4 is 29.6 Å². The summed E-state index contributed by atoms with van der Waals surface area (Å²) in [7, 11) is 0. The second-order valence-electron chi connectivity index (χ2n) is 5.73. The van der Waals surface area contributed by atoms with Gasteiger partial charge in [0, 0.05) is 16.8 Å². The molecule has 0 aromatic heterocycles. The number of hydrogen-bond donors (Lipinski definition) is 1. The Bertz CT molecular complexity index is 827. The lowest BCUT2D eigenvalue weighted by Gasteiger charge is -2.14. The lowest BCUT2D eigenvalue weighted by atomic mass is 10.1. The SMILES string of the molecule is CC(=O)c1ccc(NC(=O)[C@@H](C)OC(=O)COc2ccc(C=O)cc2)cc1. The van der Waals surface area contributed by atoms with E-state index < -0.39 is 18.0 Å². The van der Waals surface area contributed by atoms with Crippen LogP contribution in [0.1, 0.15) is 34.6 Å². The highest BCUT2D eigenvalue weighted by Crippen LogP contribution is 2.12. The number of rotatable bonds is 8. The van der Waals surface area contributed by atoms with Crippen LogP contribution < -0.4 is 10.1 Å². The number of carbonyl (C=O) groups excluding carboxylic acids is 4. The van der Waals surface area contributed by atoms with Crippen molar-refractivity contribution in [1.29, 1.82) is 0 Å². The number of carbonyl (C=O) groups is 4. The topological polar surface area (TPSA) is 98.8 Å². The fraction of sp³-hybridized carbons (Fsp3) is 0.200. The summed E-state index contributed by atoms with van der Waals surface area (Å²) in [5.74, 6) is -0.880. The molecule has 2 aromatic rings. The Labute approximate surface area is 156 Å². The van der Waals surface area contributed by atoms with Gasteiger partial charge in [-0.2, -0.15) is 0 Å². The summed E-state index contributed by atoms with van der Waals surface area (Å²) in [4.78, 5) is 45.7. The van der Waals surface area contributed by atoms with Crippen LogP contribution in [0, 0.1) is 0 Å². The maximum Gasteiger partial charge on any atom is 0.344 e. The number of nitrogens with one attached hydrogen (secondary N) is 1. The fourth-order valence-corrected chi connectivity index (χ4v) is 2.10. The lowest BCUT2D eigenvalue weighted by molar-refractivity contribution is -0.155. The Balaban J connectivity index is 1.80. The molecule has 1 N–H and O–H groups in total. The van der Waals surface area contributed by atoms with Gasteiger partial charge in [-0.15, -0.1) is 0 Å². The lowest BCUT2D eigenvalue weighted by Crippen LogP contribution is -2.31. The fourth-order valence-electron chi connectivity index (χ4n) is 2.10. The summed E-state index contributed by atoms with van der Waals surface area (Å²) >= 11 is 0. The van der Waals surface area contributed by atoms with Crippen molar-refractivity contribution in [3.8, 4) is 5.75 Å². The third-order valence-corrected chi connectivity index (χ3v) is 3.61. The van der Waals surface area contributed by atoms with Gasteiger partial charge in [-0.1, -0.05) is 0 Å². The van der Waals surface area contributed by atoms with Gasteiger partial charge in [0.05, 0.1) is 0 Å². The molecule has 7 nitrogen and oxygen atoms in total. The van der Waals surface area contributed by atoms with E-state index in [0.717, 1.165) is 0 Å². The predicted octanol–water partition coefficient (Wildman–Crippen LogP) is 2.65. The Morgan fingerprint density at radius 1 is 1.04 bits per heavy atom. The van der Waals surface area contributed by atoms with Gasteiger partial charge < -0.3 is 14.8 Å². The smallest absolute Gasteiger partial charge is 0.344 e. The molecule has 0 fully saturated rings. The maximum atomic E-state index is 12.1. The number of ketones is 1. The van der Waals surface area contributed by atoms with E-state index in [9.17, 15) is 19.2 Å². The van der Waals surface area contributed by atoms with Crippen LogP contribution in [0.15, 0.2) is 48.5 Å². The number of hydrogen-bond acceptors (Lipinski definition) is 6. The molecular formula is C20H19NO6. The number of ether oxygens (including phenoxy) is 2. The van der Waals surface area contributed by atoms with E-state index in [-0.39, 0.29) is 12.4 Å². The molecular weight excluding hydrogens is 350 g/mol. The Hall–Kier alpha value is -3.48. The molecule has 0 heterocycles. The molecule has 2 rings (SSSR count). The minimum atomic E-state index is -1.02. The van der Waals surface area contributed by atoms with Gasteiger partial charge in [-0.3, -0.25) is 14.4 Å². The first-order valence-corrected chi connectivity index (χ1v) is 8.18. The predicted molar refractivity (Wildman–Crippen MR) is 98.0 cm³/mol. The molecule has 0 saturated heterocycles. The molecule has 0 unspecified atom stereocenters. The molecule has 0 aliphatic carbocycles. The van der Waals surface area contributed by atoms with Gasteiger partial charge in [-0.25, -0.2) is 4.79 Å². The van der Waals surface area contributed by atoms with Crippen molar-refractivity contribution in [2.75, 3.05) is 11.9 Å². The second kappa shape index (κ2) is 9.28. The molecule has 0 spiro atoms. The van der Waals surface area contributed by atoms with E-state index in [1.165, 1.54) is 13.8 Å². The summed E-state index contributed by atoms with van der Waals surface area (Å²) in [6.45, 7) is 2.52. The minimum Gasteiger partial charge on any atom is -0.482 e. The first-order chi connectivity index (χ1) is 12.9. The third kappa shape index (κ3) is 6.07. The van der Waals surface area contributed by atoms with Crippen molar-refractivity contribution < 1.29 is 28.7 Å². The molecule has 0 radical (unpaired) electrons.